The van der Waals surface area contributed by atoms with Crippen molar-refractivity contribution < 1.29 is 0 Å². The predicted molar refractivity (Wildman–Crippen MR) is 110 cm³/mol. The van der Waals surface area contributed by atoms with Gasteiger partial charge >= 0.3 is 0 Å². The van der Waals surface area contributed by atoms with Crippen molar-refractivity contribution in [3.05, 3.63) is 58.5 Å². The molecule has 9 heteroatoms. The fourth-order valence-electron chi connectivity index (χ4n) is 2.42. The second kappa shape index (κ2) is 8.66. The molecule has 0 atom stereocenters. The van der Waals surface area contributed by atoms with E-state index in [1.165, 1.54) is 6.08 Å². The maximum atomic E-state index is 6.99. The van der Waals surface area contributed by atoms with Crippen LogP contribution in [0.25, 0.3) is 22.4 Å². The summed E-state index contributed by atoms with van der Waals surface area (Å²) in [5.41, 5.74) is 7.74. The van der Waals surface area contributed by atoms with Gasteiger partial charge in [-0.15, -0.1) is 0 Å². The number of fused-ring (bicyclic) bond motifs is 1. The van der Waals surface area contributed by atoms with Gasteiger partial charge in [0, 0.05) is 36.1 Å². The highest BCUT2D eigenvalue weighted by Crippen LogP contribution is 2.30. The van der Waals surface area contributed by atoms with Crippen LogP contribution in [0.2, 0.25) is 10.0 Å². The Morgan fingerprint density at radius 1 is 1.19 bits per heavy atom. The number of allylic oxidation sites excluding steroid dienone is 1. The van der Waals surface area contributed by atoms with Gasteiger partial charge in [-0.1, -0.05) is 23.2 Å². The van der Waals surface area contributed by atoms with Crippen LogP contribution in [0.1, 0.15) is 0 Å². The van der Waals surface area contributed by atoms with Crippen LogP contribution in [0.4, 0.5) is 5.82 Å². The highest BCUT2D eigenvalue weighted by atomic mass is 35.5. The maximum Gasteiger partial charge on any atom is 0.163 e. The summed E-state index contributed by atoms with van der Waals surface area (Å²) in [6.45, 7) is 1.09. The Balaban J connectivity index is 1.89. The van der Waals surface area contributed by atoms with Crippen LogP contribution in [0.3, 0.4) is 0 Å². The third-order valence-corrected chi connectivity index (χ3v) is 4.18. The van der Waals surface area contributed by atoms with Crippen LogP contribution in [0.15, 0.2) is 48.4 Å². The Labute approximate surface area is 166 Å². The molecule has 0 aliphatic carbocycles. The van der Waals surface area contributed by atoms with Crippen molar-refractivity contribution in [2.24, 2.45) is 5.73 Å². The largest absolute Gasteiger partial charge is 0.385 e. The molecule has 0 unspecified atom stereocenters. The first-order chi connectivity index (χ1) is 13.1. The van der Waals surface area contributed by atoms with E-state index in [1.807, 2.05) is 12.1 Å². The Morgan fingerprint density at radius 3 is 2.81 bits per heavy atom. The molecule has 27 heavy (non-hydrogen) atoms. The van der Waals surface area contributed by atoms with Gasteiger partial charge in [-0.2, -0.15) is 0 Å². The first-order valence-electron chi connectivity index (χ1n) is 8.10. The van der Waals surface area contributed by atoms with Gasteiger partial charge in [0.05, 0.1) is 16.4 Å². The van der Waals surface area contributed by atoms with E-state index in [1.54, 1.807) is 24.4 Å². The minimum atomic E-state index is 0.422. The highest BCUT2D eigenvalue weighted by molar-refractivity contribution is 6.36. The SMILES string of the molecule is N=C/C=C(\N)NCCNc1nc(-c2ccc(Cl)cc2Cl)nc2cccnc12. The number of hydrogen-bond acceptors (Lipinski definition) is 7. The first-order valence-corrected chi connectivity index (χ1v) is 8.86. The molecule has 1 aromatic carbocycles. The molecule has 0 saturated heterocycles. The van der Waals surface area contributed by atoms with Gasteiger partial charge in [-0.3, -0.25) is 4.98 Å². The van der Waals surface area contributed by atoms with Crippen molar-refractivity contribution in [3.8, 4) is 11.4 Å². The molecule has 0 aliphatic rings. The van der Waals surface area contributed by atoms with Crippen molar-refractivity contribution in [3.63, 3.8) is 0 Å². The van der Waals surface area contributed by atoms with Crippen LogP contribution in [0.5, 0.6) is 0 Å². The van der Waals surface area contributed by atoms with E-state index >= 15 is 0 Å². The lowest BCUT2D eigenvalue weighted by molar-refractivity contribution is 0.806. The molecule has 0 saturated carbocycles. The van der Waals surface area contributed by atoms with Crippen LogP contribution in [-0.4, -0.2) is 34.3 Å². The summed E-state index contributed by atoms with van der Waals surface area (Å²) in [5.74, 6) is 1.50. The molecule has 0 spiro atoms. The third kappa shape index (κ3) is 4.64. The number of nitrogens with two attached hydrogens (primary N) is 1. The van der Waals surface area contributed by atoms with Crippen molar-refractivity contribution in [1.82, 2.24) is 20.3 Å². The summed E-state index contributed by atoms with van der Waals surface area (Å²) in [4.78, 5) is 13.5. The van der Waals surface area contributed by atoms with E-state index in [4.69, 9.17) is 34.3 Å². The second-order valence-corrected chi connectivity index (χ2v) is 6.38. The van der Waals surface area contributed by atoms with Gasteiger partial charge in [-0.25, -0.2) is 9.97 Å². The van der Waals surface area contributed by atoms with Crippen molar-refractivity contribution in [2.45, 2.75) is 0 Å². The summed E-state index contributed by atoms with van der Waals surface area (Å²) < 4.78 is 0. The third-order valence-electron chi connectivity index (χ3n) is 3.64. The molecular weight excluding hydrogens is 385 g/mol. The zero-order valence-corrected chi connectivity index (χ0v) is 15.7. The summed E-state index contributed by atoms with van der Waals surface area (Å²) >= 11 is 12.3. The Hall–Kier alpha value is -2.90. The molecular formula is C18H17Cl2N7. The van der Waals surface area contributed by atoms with Crippen LogP contribution < -0.4 is 16.4 Å². The average molecular weight is 402 g/mol. The van der Waals surface area contributed by atoms with Crippen LogP contribution in [0, 0.1) is 5.41 Å². The van der Waals surface area contributed by atoms with E-state index in [2.05, 4.69) is 25.6 Å². The normalized spacial score (nSPS) is 11.4. The molecule has 0 radical (unpaired) electrons. The molecule has 138 valence electrons. The minimum absolute atomic E-state index is 0.422. The molecule has 0 fully saturated rings. The predicted octanol–water partition coefficient (Wildman–Crippen LogP) is 3.45. The lowest BCUT2D eigenvalue weighted by atomic mass is 10.2. The Bertz CT molecular complexity index is 1000. The van der Waals surface area contributed by atoms with Gasteiger partial charge in [0.25, 0.3) is 0 Å². The van der Waals surface area contributed by atoms with Gasteiger partial charge in [0.15, 0.2) is 11.6 Å². The Morgan fingerprint density at radius 2 is 2.04 bits per heavy atom. The average Bonchev–Trinajstić information content (AvgIpc) is 2.65. The molecule has 0 aliphatic heterocycles. The number of hydrogen-bond donors (Lipinski definition) is 4. The number of anilines is 1. The van der Waals surface area contributed by atoms with Crippen LogP contribution in [-0.2, 0) is 0 Å². The molecule has 3 aromatic rings. The summed E-state index contributed by atoms with van der Waals surface area (Å²) in [7, 11) is 0. The van der Waals surface area contributed by atoms with E-state index in [9.17, 15) is 0 Å². The standard InChI is InChI=1S/C18H17Cl2N7/c19-11-3-4-12(13(20)10-11)17-26-14-2-1-7-24-16(14)18(27-17)25-9-8-23-15(22)5-6-21/h1-7,10,21,23H,8-9,22H2,(H,25,26,27)/b15-5+,21-6?. The number of rotatable bonds is 7. The van der Waals surface area contributed by atoms with Crippen molar-refractivity contribution >= 4 is 46.3 Å². The first kappa shape index (κ1) is 18.9. The molecule has 0 amide bonds. The van der Waals surface area contributed by atoms with Gasteiger partial charge in [0.1, 0.15) is 5.52 Å². The number of halogens is 2. The highest BCUT2D eigenvalue weighted by Gasteiger charge is 2.13. The summed E-state index contributed by atoms with van der Waals surface area (Å²) in [6, 6.07) is 8.87. The molecule has 0 bridgehead atoms. The minimum Gasteiger partial charge on any atom is -0.385 e. The van der Waals surface area contributed by atoms with Gasteiger partial charge in [0.2, 0.25) is 0 Å². The van der Waals surface area contributed by atoms with Gasteiger partial charge < -0.3 is 21.8 Å². The number of benzene rings is 1. The van der Waals surface area contributed by atoms with E-state index in [-0.39, 0.29) is 0 Å². The summed E-state index contributed by atoms with van der Waals surface area (Å²) in [5, 5.41) is 14.2. The fraction of sp³-hybridized carbons (Fsp3) is 0.111. The zero-order chi connectivity index (χ0) is 19.2. The number of nitrogens with zero attached hydrogens (tertiary/aromatic N) is 3. The number of pyridine rings is 1. The van der Waals surface area contributed by atoms with E-state index in [0.717, 1.165) is 6.21 Å². The molecule has 7 nitrogen and oxygen atoms in total. The quantitative estimate of drug-likeness (QED) is 0.356. The van der Waals surface area contributed by atoms with Gasteiger partial charge in [-0.05, 0) is 36.4 Å². The lowest BCUT2D eigenvalue weighted by Gasteiger charge is -2.12. The summed E-state index contributed by atoms with van der Waals surface area (Å²) in [6.07, 6.45) is 4.29. The number of aromatic nitrogens is 3. The van der Waals surface area contributed by atoms with Crippen molar-refractivity contribution in [1.29, 1.82) is 5.41 Å². The van der Waals surface area contributed by atoms with Crippen LogP contribution >= 0.6 is 23.2 Å². The topological polar surface area (TPSA) is 113 Å². The molecule has 3 rings (SSSR count). The maximum absolute atomic E-state index is 6.99. The fourth-order valence-corrected chi connectivity index (χ4v) is 2.91. The molecule has 2 heterocycles. The monoisotopic (exact) mass is 401 g/mol. The molecule has 2 aromatic heterocycles. The number of nitrogens with one attached hydrogen (secondary N) is 3. The Kier molecular flexibility index (Phi) is 6.05. The lowest BCUT2D eigenvalue weighted by Crippen LogP contribution is -2.26. The van der Waals surface area contributed by atoms with E-state index in [0.29, 0.717) is 57.2 Å². The second-order valence-electron chi connectivity index (χ2n) is 5.53. The smallest absolute Gasteiger partial charge is 0.163 e. The van der Waals surface area contributed by atoms with Crippen molar-refractivity contribution in [2.75, 3.05) is 18.4 Å². The molecule has 5 N–H and O–H groups in total. The van der Waals surface area contributed by atoms with E-state index < -0.39 is 0 Å². The zero-order valence-electron chi connectivity index (χ0n) is 14.2.